The molecule has 3 aromatic carbocycles. The first-order valence-corrected chi connectivity index (χ1v) is 10.6. The first kappa shape index (κ1) is 21.2. The molecular weight excluding hydrogens is 437 g/mol. The number of benzene rings is 3. The highest BCUT2D eigenvalue weighted by molar-refractivity contribution is 6.31. The first-order chi connectivity index (χ1) is 15.0. The highest BCUT2D eigenvalue weighted by Crippen LogP contribution is 2.34. The van der Waals surface area contributed by atoms with Gasteiger partial charge in [0.1, 0.15) is 6.61 Å². The highest BCUT2D eigenvalue weighted by Gasteiger charge is 2.12. The maximum absolute atomic E-state index is 11.4. The zero-order valence-corrected chi connectivity index (χ0v) is 18.3. The number of halogens is 2. The number of aromatic amines is 2. The summed E-state index contributed by atoms with van der Waals surface area (Å²) >= 11 is 12.5. The monoisotopic (exact) mass is 457 g/mol. The van der Waals surface area contributed by atoms with Crippen LogP contribution in [0.15, 0.2) is 59.4 Å². The second kappa shape index (κ2) is 9.37. The van der Waals surface area contributed by atoms with Crippen molar-refractivity contribution in [2.24, 2.45) is 0 Å². The molecule has 0 aliphatic carbocycles. The van der Waals surface area contributed by atoms with Gasteiger partial charge in [0, 0.05) is 28.3 Å². The third-order valence-electron chi connectivity index (χ3n) is 4.72. The predicted molar refractivity (Wildman–Crippen MR) is 125 cm³/mol. The summed E-state index contributed by atoms with van der Waals surface area (Å²) in [4.78, 5) is 16.9. The molecule has 0 amide bonds. The van der Waals surface area contributed by atoms with Crippen LogP contribution in [0.1, 0.15) is 18.1 Å². The Labute approximate surface area is 189 Å². The van der Waals surface area contributed by atoms with E-state index in [2.05, 4.69) is 15.3 Å². The molecule has 1 aromatic heterocycles. The molecule has 0 radical (unpaired) electrons. The summed E-state index contributed by atoms with van der Waals surface area (Å²) in [6, 6.07) is 16.7. The van der Waals surface area contributed by atoms with Gasteiger partial charge in [0.05, 0.1) is 17.6 Å². The van der Waals surface area contributed by atoms with E-state index in [-0.39, 0.29) is 5.69 Å². The van der Waals surface area contributed by atoms with Gasteiger partial charge < -0.3 is 24.8 Å². The molecule has 0 fully saturated rings. The molecule has 4 aromatic rings. The van der Waals surface area contributed by atoms with E-state index < -0.39 is 0 Å². The summed E-state index contributed by atoms with van der Waals surface area (Å²) in [5.74, 6) is 1.21. The second-order valence-corrected chi connectivity index (χ2v) is 7.78. The molecule has 0 saturated heterocycles. The lowest BCUT2D eigenvalue weighted by Gasteiger charge is -2.16. The van der Waals surface area contributed by atoms with Crippen LogP contribution >= 0.6 is 23.2 Å². The van der Waals surface area contributed by atoms with E-state index in [1.54, 1.807) is 6.07 Å². The normalized spacial score (nSPS) is 10.9. The van der Waals surface area contributed by atoms with Gasteiger partial charge in [-0.3, -0.25) is 0 Å². The molecule has 0 bridgehead atoms. The number of anilines is 1. The van der Waals surface area contributed by atoms with Crippen LogP contribution in [0.4, 0.5) is 5.69 Å². The molecule has 0 unspecified atom stereocenters. The van der Waals surface area contributed by atoms with Gasteiger partial charge in [0.25, 0.3) is 0 Å². The van der Waals surface area contributed by atoms with Crippen LogP contribution in [-0.2, 0) is 13.2 Å². The molecule has 0 spiro atoms. The van der Waals surface area contributed by atoms with Crippen molar-refractivity contribution in [2.75, 3.05) is 11.9 Å². The summed E-state index contributed by atoms with van der Waals surface area (Å²) < 4.78 is 11.7. The van der Waals surface area contributed by atoms with Crippen LogP contribution in [0.5, 0.6) is 11.5 Å². The van der Waals surface area contributed by atoms with Gasteiger partial charge >= 0.3 is 5.69 Å². The fourth-order valence-corrected chi connectivity index (χ4v) is 3.52. The zero-order chi connectivity index (χ0) is 21.8. The van der Waals surface area contributed by atoms with Crippen molar-refractivity contribution in [2.45, 2.75) is 20.1 Å². The van der Waals surface area contributed by atoms with Gasteiger partial charge in [-0.25, -0.2) is 4.79 Å². The fourth-order valence-electron chi connectivity index (χ4n) is 3.18. The number of nitrogens with one attached hydrogen (secondary N) is 3. The summed E-state index contributed by atoms with van der Waals surface area (Å²) in [7, 11) is 0. The molecule has 0 aliphatic heterocycles. The zero-order valence-electron chi connectivity index (χ0n) is 16.8. The van der Waals surface area contributed by atoms with Crippen LogP contribution < -0.4 is 20.5 Å². The van der Waals surface area contributed by atoms with Crippen LogP contribution in [-0.4, -0.2) is 16.6 Å². The van der Waals surface area contributed by atoms with Crippen molar-refractivity contribution in [1.29, 1.82) is 0 Å². The van der Waals surface area contributed by atoms with Crippen LogP contribution in [0.25, 0.3) is 11.0 Å². The first-order valence-electron chi connectivity index (χ1n) is 9.80. The van der Waals surface area contributed by atoms with E-state index in [9.17, 15) is 4.79 Å². The molecule has 6 nitrogen and oxygen atoms in total. The van der Waals surface area contributed by atoms with Gasteiger partial charge in [-0.1, -0.05) is 35.3 Å². The number of rotatable bonds is 8. The van der Waals surface area contributed by atoms with Crippen molar-refractivity contribution < 1.29 is 9.47 Å². The molecule has 160 valence electrons. The smallest absolute Gasteiger partial charge is 0.323 e. The van der Waals surface area contributed by atoms with E-state index in [4.69, 9.17) is 32.7 Å². The van der Waals surface area contributed by atoms with Crippen molar-refractivity contribution in [3.8, 4) is 11.5 Å². The Bertz CT molecular complexity index is 1250. The van der Waals surface area contributed by atoms with Crippen molar-refractivity contribution in [3.63, 3.8) is 0 Å². The Morgan fingerprint density at radius 3 is 2.42 bits per heavy atom. The Hall–Kier alpha value is -3.09. The summed E-state index contributed by atoms with van der Waals surface area (Å²) in [6.07, 6.45) is 0. The average Bonchev–Trinajstić information content (AvgIpc) is 3.13. The van der Waals surface area contributed by atoms with Crippen molar-refractivity contribution in [1.82, 2.24) is 9.97 Å². The van der Waals surface area contributed by atoms with Crippen LogP contribution in [0.3, 0.4) is 0 Å². The lowest BCUT2D eigenvalue weighted by Crippen LogP contribution is -2.04. The van der Waals surface area contributed by atoms with E-state index >= 15 is 0 Å². The molecule has 8 heteroatoms. The van der Waals surface area contributed by atoms with Crippen LogP contribution in [0.2, 0.25) is 10.0 Å². The number of ether oxygens (including phenoxy) is 2. The van der Waals surface area contributed by atoms with Crippen molar-refractivity contribution in [3.05, 3.63) is 86.3 Å². The minimum atomic E-state index is -0.231. The summed E-state index contributed by atoms with van der Waals surface area (Å²) in [5, 5.41) is 4.57. The average molecular weight is 458 g/mol. The Morgan fingerprint density at radius 1 is 0.903 bits per heavy atom. The molecule has 0 atom stereocenters. The molecule has 0 saturated carbocycles. The standard InChI is InChI=1S/C23H21Cl2N3O3/c1-2-30-21-9-15(12-26-17-7-8-19-20(10-17)28-23(29)27-19)18(25)11-22(21)31-13-14-3-5-16(24)6-4-14/h3-11,26H,2,12-13H2,1H3,(H2,27,28,29). The molecule has 0 aliphatic rings. The predicted octanol–water partition coefficient (Wildman–Crippen LogP) is 5.75. The Kier molecular flexibility index (Phi) is 6.39. The van der Waals surface area contributed by atoms with Gasteiger partial charge in [0.15, 0.2) is 11.5 Å². The second-order valence-electron chi connectivity index (χ2n) is 6.93. The van der Waals surface area contributed by atoms with Crippen molar-refractivity contribution >= 4 is 39.9 Å². The number of hydrogen-bond acceptors (Lipinski definition) is 4. The maximum Gasteiger partial charge on any atom is 0.323 e. The number of imidazole rings is 1. The molecule has 1 heterocycles. The SMILES string of the molecule is CCOc1cc(CNc2ccc3[nH]c(=O)[nH]c3c2)c(Cl)cc1OCc1ccc(Cl)cc1. The van der Waals surface area contributed by atoms with Gasteiger partial charge in [0.2, 0.25) is 0 Å². The van der Waals surface area contributed by atoms with Gasteiger partial charge in [-0.05, 0) is 54.4 Å². The Balaban J connectivity index is 1.49. The molecule has 4 rings (SSSR count). The van der Waals surface area contributed by atoms with Gasteiger partial charge in [-0.15, -0.1) is 0 Å². The summed E-state index contributed by atoms with van der Waals surface area (Å²) in [6.45, 7) is 3.28. The highest BCUT2D eigenvalue weighted by atomic mass is 35.5. The van der Waals surface area contributed by atoms with Gasteiger partial charge in [-0.2, -0.15) is 0 Å². The third-order valence-corrected chi connectivity index (χ3v) is 5.32. The molecule has 3 N–H and O–H groups in total. The van der Waals surface area contributed by atoms with E-state index in [1.165, 1.54) is 0 Å². The van der Waals surface area contributed by atoms with E-state index in [0.29, 0.717) is 41.3 Å². The Morgan fingerprint density at radius 2 is 1.65 bits per heavy atom. The quantitative estimate of drug-likeness (QED) is 0.314. The number of H-pyrrole nitrogens is 2. The third kappa shape index (κ3) is 5.16. The molecular formula is C23H21Cl2N3O3. The number of fused-ring (bicyclic) bond motifs is 1. The number of hydrogen-bond donors (Lipinski definition) is 3. The van der Waals surface area contributed by atoms with E-state index in [1.807, 2.05) is 55.5 Å². The van der Waals surface area contributed by atoms with E-state index in [0.717, 1.165) is 27.8 Å². The lowest BCUT2D eigenvalue weighted by atomic mass is 10.2. The maximum atomic E-state index is 11.4. The minimum absolute atomic E-state index is 0.231. The number of aromatic nitrogens is 2. The topological polar surface area (TPSA) is 79.1 Å². The lowest BCUT2D eigenvalue weighted by molar-refractivity contribution is 0.269. The van der Waals surface area contributed by atoms with Crippen LogP contribution in [0, 0.1) is 0 Å². The molecule has 31 heavy (non-hydrogen) atoms. The largest absolute Gasteiger partial charge is 0.490 e. The minimum Gasteiger partial charge on any atom is -0.490 e. The summed E-state index contributed by atoms with van der Waals surface area (Å²) in [5.41, 5.74) is 3.99. The fraction of sp³-hybridized carbons (Fsp3) is 0.174.